The van der Waals surface area contributed by atoms with Crippen LogP contribution in [0.3, 0.4) is 0 Å². The number of hydrogen-bond acceptors (Lipinski definition) is 2. The van der Waals surface area contributed by atoms with E-state index in [9.17, 15) is 4.79 Å². The van der Waals surface area contributed by atoms with Crippen molar-refractivity contribution in [2.24, 2.45) is 11.7 Å². The van der Waals surface area contributed by atoms with E-state index in [2.05, 4.69) is 0 Å². The highest BCUT2D eigenvalue weighted by molar-refractivity contribution is 5.77. The molecule has 11 heavy (non-hydrogen) atoms. The number of amides is 1. The lowest BCUT2D eigenvalue weighted by molar-refractivity contribution is -0.135. The summed E-state index contributed by atoms with van der Waals surface area (Å²) in [6, 6.07) is 0.248. The van der Waals surface area contributed by atoms with Crippen molar-refractivity contribution in [1.82, 2.24) is 4.90 Å². The molecule has 2 fully saturated rings. The van der Waals surface area contributed by atoms with E-state index in [1.54, 1.807) is 0 Å². The molecule has 0 unspecified atom stereocenters. The Morgan fingerprint density at radius 3 is 2.55 bits per heavy atom. The third-order valence-electron chi connectivity index (χ3n) is 2.42. The number of carbonyl (C=O) groups excluding carboxylic acids is 1. The third-order valence-corrected chi connectivity index (χ3v) is 2.42. The van der Waals surface area contributed by atoms with E-state index < -0.39 is 0 Å². The van der Waals surface area contributed by atoms with Gasteiger partial charge < -0.3 is 10.6 Å². The first-order valence-electron chi connectivity index (χ1n) is 4.29. The van der Waals surface area contributed by atoms with E-state index in [1.807, 2.05) is 4.90 Å². The predicted molar refractivity (Wildman–Crippen MR) is 41.9 cm³/mol. The van der Waals surface area contributed by atoms with E-state index in [1.165, 1.54) is 12.8 Å². The van der Waals surface area contributed by atoms with Crippen molar-refractivity contribution < 1.29 is 4.79 Å². The molecule has 1 heterocycles. The summed E-state index contributed by atoms with van der Waals surface area (Å²) in [5.41, 5.74) is 5.56. The van der Waals surface area contributed by atoms with E-state index in [-0.39, 0.29) is 6.04 Å². The van der Waals surface area contributed by atoms with Crippen molar-refractivity contribution in [1.29, 1.82) is 0 Å². The van der Waals surface area contributed by atoms with Crippen molar-refractivity contribution in [3.05, 3.63) is 0 Å². The summed E-state index contributed by atoms with van der Waals surface area (Å²) in [4.78, 5) is 13.2. The normalized spacial score (nSPS) is 25.0. The Morgan fingerprint density at radius 2 is 2.09 bits per heavy atom. The highest BCUT2D eigenvalue weighted by Gasteiger charge is 2.31. The second-order valence-corrected chi connectivity index (χ2v) is 3.71. The Morgan fingerprint density at radius 1 is 1.45 bits per heavy atom. The van der Waals surface area contributed by atoms with Crippen LogP contribution in [-0.2, 0) is 4.79 Å². The van der Waals surface area contributed by atoms with Gasteiger partial charge in [0, 0.05) is 25.6 Å². The summed E-state index contributed by atoms with van der Waals surface area (Å²) in [6.07, 6.45) is 3.28. The zero-order valence-corrected chi connectivity index (χ0v) is 6.62. The average molecular weight is 154 g/mol. The van der Waals surface area contributed by atoms with Crippen molar-refractivity contribution in [2.75, 3.05) is 13.1 Å². The van der Waals surface area contributed by atoms with E-state index in [0.717, 1.165) is 19.5 Å². The summed E-state index contributed by atoms with van der Waals surface area (Å²) in [5, 5.41) is 0. The van der Waals surface area contributed by atoms with Gasteiger partial charge in [0.2, 0.25) is 5.91 Å². The molecular formula is C8H14N2O. The van der Waals surface area contributed by atoms with Crippen LogP contribution in [0.5, 0.6) is 0 Å². The fourth-order valence-corrected chi connectivity index (χ4v) is 1.41. The zero-order valence-electron chi connectivity index (χ0n) is 6.62. The molecule has 0 aromatic heterocycles. The standard InChI is InChI=1S/C8H14N2O/c9-7-4-10(5-7)8(11)3-6-1-2-6/h6-7H,1-5,9H2. The second-order valence-electron chi connectivity index (χ2n) is 3.71. The number of nitrogens with two attached hydrogens (primary N) is 1. The fraction of sp³-hybridized carbons (Fsp3) is 0.875. The molecule has 3 heteroatoms. The minimum absolute atomic E-state index is 0.248. The molecule has 62 valence electrons. The van der Waals surface area contributed by atoms with Gasteiger partial charge in [-0.25, -0.2) is 0 Å². The molecule has 1 saturated carbocycles. The monoisotopic (exact) mass is 154 g/mol. The Kier molecular flexibility index (Phi) is 1.60. The van der Waals surface area contributed by atoms with Gasteiger partial charge in [-0.1, -0.05) is 0 Å². The Bertz CT molecular complexity index is 171. The fourth-order valence-electron chi connectivity index (χ4n) is 1.41. The van der Waals surface area contributed by atoms with Crippen LogP contribution >= 0.6 is 0 Å². The molecule has 0 bridgehead atoms. The van der Waals surface area contributed by atoms with Crippen molar-refractivity contribution in [2.45, 2.75) is 25.3 Å². The SMILES string of the molecule is NC1CN(C(=O)CC2CC2)C1. The average Bonchev–Trinajstić information content (AvgIpc) is 2.64. The van der Waals surface area contributed by atoms with E-state index >= 15 is 0 Å². The van der Waals surface area contributed by atoms with Crippen LogP contribution in [0.25, 0.3) is 0 Å². The maximum absolute atomic E-state index is 11.3. The minimum Gasteiger partial charge on any atom is -0.339 e. The van der Waals surface area contributed by atoms with Gasteiger partial charge in [-0.3, -0.25) is 4.79 Å². The molecule has 1 saturated heterocycles. The summed E-state index contributed by atoms with van der Waals surface area (Å²) in [6.45, 7) is 1.57. The van der Waals surface area contributed by atoms with Crippen LogP contribution in [0.1, 0.15) is 19.3 Å². The molecule has 3 nitrogen and oxygen atoms in total. The number of nitrogens with zero attached hydrogens (tertiary/aromatic N) is 1. The highest BCUT2D eigenvalue weighted by atomic mass is 16.2. The summed E-state index contributed by atoms with van der Waals surface area (Å²) >= 11 is 0. The summed E-state index contributed by atoms with van der Waals surface area (Å²) < 4.78 is 0. The topological polar surface area (TPSA) is 46.3 Å². The second kappa shape index (κ2) is 2.48. The van der Waals surface area contributed by atoms with E-state index in [0.29, 0.717) is 11.8 Å². The maximum Gasteiger partial charge on any atom is 0.222 e. The number of carbonyl (C=O) groups is 1. The van der Waals surface area contributed by atoms with Crippen molar-refractivity contribution in [3.8, 4) is 0 Å². The van der Waals surface area contributed by atoms with Crippen LogP contribution in [0.15, 0.2) is 0 Å². The van der Waals surface area contributed by atoms with Gasteiger partial charge in [0.15, 0.2) is 0 Å². The predicted octanol–water partition coefficient (Wildman–Crippen LogP) is -0.0440. The minimum atomic E-state index is 0.248. The van der Waals surface area contributed by atoms with Gasteiger partial charge in [-0.05, 0) is 18.8 Å². The van der Waals surface area contributed by atoms with Gasteiger partial charge in [-0.15, -0.1) is 0 Å². The van der Waals surface area contributed by atoms with Crippen molar-refractivity contribution in [3.63, 3.8) is 0 Å². The highest BCUT2D eigenvalue weighted by Crippen LogP contribution is 2.33. The van der Waals surface area contributed by atoms with Gasteiger partial charge in [-0.2, -0.15) is 0 Å². The Labute approximate surface area is 66.5 Å². The zero-order chi connectivity index (χ0) is 7.84. The first-order valence-corrected chi connectivity index (χ1v) is 4.29. The van der Waals surface area contributed by atoms with E-state index in [4.69, 9.17) is 5.73 Å². The molecule has 2 N–H and O–H groups in total. The molecule has 0 aromatic carbocycles. The van der Waals surface area contributed by atoms with Crippen LogP contribution in [0.4, 0.5) is 0 Å². The molecule has 2 aliphatic rings. The number of rotatable bonds is 2. The smallest absolute Gasteiger partial charge is 0.222 e. The van der Waals surface area contributed by atoms with Crippen LogP contribution in [0.2, 0.25) is 0 Å². The molecule has 0 spiro atoms. The largest absolute Gasteiger partial charge is 0.339 e. The van der Waals surface area contributed by atoms with Crippen LogP contribution < -0.4 is 5.73 Å². The first kappa shape index (κ1) is 7.10. The lowest BCUT2D eigenvalue weighted by Gasteiger charge is -2.36. The Hall–Kier alpha value is -0.570. The molecule has 1 aliphatic heterocycles. The molecule has 0 aromatic rings. The lowest BCUT2D eigenvalue weighted by Crippen LogP contribution is -2.57. The first-order chi connectivity index (χ1) is 5.25. The Balaban J connectivity index is 1.72. The van der Waals surface area contributed by atoms with Gasteiger partial charge in [0.25, 0.3) is 0 Å². The van der Waals surface area contributed by atoms with Gasteiger partial charge in [0.05, 0.1) is 0 Å². The quantitative estimate of drug-likeness (QED) is 0.606. The molecular weight excluding hydrogens is 140 g/mol. The molecule has 0 radical (unpaired) electrons. The number of hydrogen-bond donors (Lipinski definition) is 1. The molecule has 0 atom stereocenters. The van der Waals surface area contributed by atoms with Crippen LogP contribution in [-0.4, -0.2) is 29.9 Å². The van der Waals surface area contributed by atoms with Gasteiger partial charge in [0.1, 0.15) is 0 Å². The van der Waals surface area contributed by atoms with Crippen LogP contribution in [0, 0.1) is 5.92 Å². The molecule has 1 aliphatic carbocycles. The maximum atomic E-state index is 11.3. The van der Waals surface area contributed by atoms with Crippen molar-refractivity contribution >= 4 is 5.91 Å². The molecule has 2 rings (SSSR count). The third kappa shape index (κ3) is 1.53. The lowest BCUT2D eigenvalue weighted by atomic mass is 10.1. The summed E-state index contributed by atoms with van der Waals surface area (Å²) in [5.74, 6) is 1.02. The molecule has 1 amide bonds. The number of likely N-dealkylation sites (tertiary alicyclic amines) is 1. The summed E-state index contributed by atoms with van der Waals surface area (Å²) in [7, 11) is 0. The van der Waals surface area contributed by atoms with Gasteiger partial charge >= 0.3 is 0 Å².